The van der Waals surface area contributed by atoms with Crippen molar-refractivity contribution >= 4 is 5.69 Å². The van der Waals surface area contributed by atoms with Crippen molar-refractivity contribution in [3.63, 3.8) is 0 Å². The minimum atomic E-state index is 0.235. The Labute approximate surface area is 97.3 Å². The van der Waals surface area contributed by atoms with E-state index in [1.54, 1.807) is 0 Å². The fourth-order valence-corrected chi connectivity index (χ4v) is 2.37. The van der Waals surface area contributed by atoms with Gasteiger partial charge in [0, 0.05) is 11.7 Å². The van der Waals surface area contributed by atoms with Gasteiger partial charge in [-0.2, -0.15) is 5.26 Å². The predicted molar refractivity (Wildman–Crippen MR) is 66.4 cm³/mol. The number of benzene rings is 1. The Bertz CT molecular complexity index is 404. The second kappa shape index (κ2) is 5.03. The Balaban J connectivity index is 2.18. The molecule has 84 valence electrons. The summed E-state index contributed by atoms with van der Waals surface area (Å²) in [6, 6.07) is 8.92. The number of fused-ring (bicyclic) bond motifs is 1. The topological polar surface area (TPSA) is 35.8 Å². The van der Waals surface area contributed by atoms with Crippen molar-refractivity contribution in [1.29, 1.82) is 5.26 Å². The monoisotopic (exact) mass is 214 g/mol. The number of nitrogens with zero attached hydrogens (tertiary/aromatic N) is 1. The van der Waals surface area contributed by atoms with E-state index in [0.29, 0.717) is 6.42 Å². The Kier molecular flexibility index (Phi) is 3.46. The van der Waals surface area contributed by atoms with E-state index < -0.39 is 0 Å². The summed E-state index contributed by atoms with van der Waals surface area (Å²) in [5.41, 5.74) is 4.19. The van der Waals surface area contributed by atoms with Gasteiger partial charge in [-0.1, -0.05) is 12.1 Å². The summed E-state index contributed by atoms with van der Waals surface area (Å²) >= 11 is 0. The molecule has 0 bridgehead atoms. The molecule has 2 nitrogen and oxygen atoms in total. The van der Waals surface area contributed by atoms with Crippen LogP contribution in [0.15, 0.2) is 18.2 Å². The first-order chi connectivity index (χ1) is 7.81. The van der Waals surface area contributed by atoms with Crippen LogP contribution in [-0.2, 0) is 12.8 Å². The van der Waals surface area contributed by atoms with Crippen molar-refractivity contribution < 1.29 is 0 Å². The maximum atomic E-state index is 8.66. The molecule has 0 spiro atoms. The molecule has 0 saturated heterocycles. The lowest BCUT2D eigenvalue weighted by molar-refractivity contribution is 0.684. The molecule has 0 aliphatic heterocycles. The fourth-order valence-electron chi connectivity index (χ4n) is 2.37. The Morgan fingerprint density at radius 3 is 3.00 bits per heavy atom. The highest BCUT2D eigenvalue weighted by Crippen LogP contribution is 2.28. The summed E-state index contributed by atoms with van der Waals surface area (Å²) in [4.78, 5) is 0. The summed E-state index contributed by atoms with van der Waals surface area (Å²) in [5, 5.41) is 12.1. The number of aryl methyl sites for hydroxylation is 1. The standard InChI is InChI=1S/C14H18N2/c1-11(9-10-15)16-14-8-4-6-12-5-2-3-7-13(12)14/h4,6,8,11,16H,2-3,5,7,9H2,1H3. The van der Waals surface area contributed by atoms with E-state index in [1.165, 1.54) is 42.5 Å². The van der Waals surface area contributed by atoms with Crippen LogP contribution in [0, 0.1) is 11.3 Å². The molecule has 1 atom stereocenters. The van der Waals surface area contributed by atoms with E-state index in [1.807, 2.05) is 0 Å². The van der Waals surface area contributed by atoms with Gasteiger partial charge in [-0.25, -0.2) is 0 Å². The van der Waals surface area contributed by atoms with E-state index in [9.17, 15) is 0 Å². The molecule has 0 fully saturated rings. The maximum Gasteiger partial charge on any atom is 0.0643 e. The third-order valence-electron chi connectivity index (χ3n) is 3.20. The van der Waals surface area contributed by atoms with Crippen molar-refractivity contribution in [2.45, 2.75) is 45.1 Å². The van der Waals surface area contributed by atoms with Crippen LogP contribution in [0.1, 0.15) is 37.3 Å². The SMILES string of the molecule is CC(CC#N)Nc1cccc2c1CCCC2. The minimum Gasteiger partial charge on any atom is -0.381 e. The van der Waals surface area contributed by atoms with Gasteiger partial charge in [-0.15, -0.1) is 0 Å². The fraction of sp³-hybridized carbons (Fsp3) is 0.500. The predicted octanol–water partition coefficient (Wildman–Crippen LogP) is 3.28. The van der Waals surface area contributed by atoms with Crippen molar-refractivity contribution in [3.8, 4) is 6.07 Å². The van der Waals surface area contributed by atoms with E-state index in [4.69, 9.17) is 5.26 Å². The second-order valence-corrected chi connectivity index (χ2v) is 4.56. The molecule has 2 heteroatoms. The van der Waals surface area contributed by atoms with E-state index in [0.717, 1.165) is 0 Å². The van der Waals surface area contributed by atoms with E-state index in [-0.39, 0.29) is 6.04 Å². The van der Waals surface area contributed by atoms with Crippen LogP contribution in [0.2, 0.25) is 0 Å². The molecule has 0 heterocycles. The van der Waals surface area contributed by atoms with Gasteiger partial charge < -0.3 is 5.32 Å². The van der Waals surface area contributed by atoms with Gasteiger partial charge >= 0.3 is 0 Å². The summed E-state index contributed by atoms with van der Waals surface area (Å²) in [5.74, 6) is 0. The van der Waals surface area contributed by atoms with Crippen molar-refractivity contribution in [3.05, 3.63) is 29.3 Å². The molecule has 2 rings (SSSR count). The van der Waals surface area contributed by atoms with E-state index >= 15 is 0 Å². The van der Waals surface area contributed by atoms with Crippen LogP contribution in [-0.4, -0.2) is 6.04 Å². The van der Waals surface area contributed by atoms with E-state index in [2.05, 4.69) is 36.5 Å². The molecular weight excluding hydrogens is 196 g/mol. The van der Waals surface area contributed by atoms with Crippen LogP contribution in [0.5, 0.6) is 0 Å². The van der Waals surface area contributed by atoms with Crippen LogP contribution in [0.25, 0.3) is 0 Å². The van der Waals surface area contributed by atoms with Crippen LogP contribution < -0.4 is 5.32 Å². The second-order valence-electron chi connectivity index (χ2n) is 4.56. The van der Waals surface area contributed by atoms with Crippen molar-refractivity contribution in [2.75, 3.05) is 5.32 Å². The summed E-state index contributed by atoms with van der Waals surface area (Å²) in [7, 11) is 0. The van der Waals surface area contributed by atoms with Gasteiger partial charge in [-0.05, 0) is 49.8 Å². The number of hydrogen-bond acceptors (Lipinski definition) is 2. The van der Waals surface area contributed by atoms with Gasteiger partial charge in [0.1, 0.15) is 0 Å². The Morgan fingerprint density at radius 2 is 2.19 bits per heavy atom. The van der Waals surface area contributed by atoms with Crippen LogP contribution >= 0.6 is 0 Å². The molecule has 1 aromatic carbocycles. The van der Waals surface area contributed by atoms with Gasteiger partial charge in [0.25, 0.3) is 0 Å². The maximum absolute atomic E-state index is 8.66. The van der Waals surface area contributed by atoms with Gasteiger partial charge in [0.05, 0.1) is 12.5 Å². The molecular formula is C14H18N2. The van der Waals surface area contributed by atoms with Gasteiger partial charge in [0.15, 0.2) is 0 Å². The quantitative estimate of drug-likeness (QED) is 0.838. The molecule has 1 aliphatic rings. The first-order valence-corrected chi connectivity index (χ1v) is 6.05. The highest BCUT2D eigenvalue weighted by atomic mass is 14.9. The summed E-state index contributed by atoms with van der Waals surface area (Å²) < 4.78 is 0. The van der Waals surface area contributed by atoms with Crippen LogP contribution in [0.4, 0.5) is 5.69 Å². The molecule has 1 N–H and O–H groups in total. The summed E-state index contributed by atoms with van der Waals surface area (Å²) in [6.45, 7) is 2.06. The third kappa shape index (κ3) is 2.36. The average Bonchev–Trinajstić information content (AvgIpc) is 2.30. The lowest BCUT2D eigenvalue weighted by Crippen LogP contribution is -2.17. The zero-order valence-electron chi connectivity index (χ0n) is 9.79. The third-order valence-corrected chi connectivity index (χ3v) is 3.20. The largest absolute Gasteiger partial charge is 0.381 e. The lowest BCUT2D eigenvalue weighted by atomic mass is 9.90. The van der Waals surface area contributed by atoms with Crippen molar-refractivity contribution in [1.82, 2.24) is 0 Å². The highest BCUT2D eigenvalue weighted by molar-refractivity contribution is 5.56. The molecule has 16 heavy (non-hydrogen) atoms. The number of nitrogens with one attached hydrogen (secondary N) is 1. The molecule has 0 saturated carbocycles. The minimum absolute atomic E-state index is 0.235. The van der Waals surface area contributed by atoms with Crippen molar-refractivity contribution in [2.24, 2.45) is 0 Å². The smallest absolute Gasteiger partial charge is 0.0643 e. The van der Waals surface area contributed by atoms with Gasteiger partial charge in [-0.3, -0.25) is 0 Å². The summed E-state index contributed by atoms with van der Waals surface area (Å²) in [6.07, 6.45) is 5.54. The first-order valence-electron chi connectivity index (χ1n) is 6.05. The molecule has 1 aromatic rings. The first kappa shape index (κ1) is 11.0. The molecule has 0 aromatic heterocycles. The normalized spacial score (nSPS) is 16.0. The highest BCUT2D eigenvalue weighted by Gasteiger charge is 2.13. The lowest BCUT2D eigenvalue weighted by Gasteiger charge is -2.22. The van der Waals surface area contributed by atoms with Crippen LogP contribution in [0.3, 0.4) is 0 Å². The molecule has 0 radical (unpaired) electrons. The number of rotatable bonds is 3. The Hall–Kier alpha value is -1.49. The number of anilines is 1. The zero-order chi connectivity index (χ0) is 11.4. The average molecular weight is 214 g/mol. The molecule has 0 amide bonds. The number of nitriles is 1. The zero-order valence-corrected chi connectivity index (χ0v) is 9.79. The number of hydrogen-bond donors (Lipinski definition) is 1. The van der Waals surface area contributed by atoms with Gasteiger partial charge in [0.2, 0.25) is 0 Å². The molecule has 1 aliphatic carbocycles. The molecule has 1 unspecified atom stereocenters. The Morgan fingerprint density at radius 1 is 1.38 bits per heavy atom.